The molecule has 7 nitrogen and oxygen atoms in total. The van der Waals surface area contributed by atoms with Crippen LogP contribution in [0.3, 0.4) is 0 Å². The number of aliphatic hydroxyl groups excluding tert-OH is 1. The number of carbonyl (C=O) groups is 1. The fraction of sp³-hybridized carbons (Fsp3) is 0.500. The van der Waals surface area contributed by atoms with Gasteiger partial charge in [-0.1, -0.05) is 24.2 Å². The molecule has 25 heavy (non-hydrogen) atoms. The molecule has 1 aromatic carbocycles. The number of rotatable bonds is 9. The van der Waals surface area contributed by atoms with Crippen molar-refractivity contribution in [2.45, 2.75) is 51.1 Å². The molecule has 134 valence electrons. The summed E-state index contributed by atoms with van der Waals surface area (Å²) in [5, 5.41) is 19.2. The zero-order valence-corrected chi connectivity index (χ0v) is 14.4. The molecule has 1 fully saturated rings. The quantitative estimate of drug-likeness (QED) is 0.643. The smallest absolute Gasteiger partial charge is 0.245 e. The Hall–Kier alpha value is -2.41. The number of aromatic nitrogens is 2. The van der Waals surface area contributed by atoms with Gasteiger partial charge in [0.05, 0.1) is 25.6 Å². The number of amides is 1. The highest BCUT2D eigenvalue weighted by atomic mass is 16.5. The Balaban J connectivity index is 1.47. The van der Waals surface area contributed by atoms with E-state index in [9.17, 15) is 4.79 Å². The van der Waals surface area contributed by atoms with E-state index in [-0.39, 0.29) is 18.6 Å². The van der Waals surface area contributed by atoms with Gasteiger partial charge in [-0.2, -0.15) is 4.98 Å². The summed E-state index contributed by atoms with van der Waals surface area (Å²) in [6.07, 6.45) is 3.31. The van der Waals surface area contributed by atoms with E-state index >= 15 is 0 Å². The SMILES string of the molecule is CC[C@@H](CO)NC(=O)Cc1ccc(NCc2nc(C3CC3)no2)cc1. The predicted octanol–water partition coefficient (Wildman–Crippen LogP) is 1.99. The molecular weight excluding hydrogens is 320 g/mol. The Kier molecular flexibility index (Phi) is 5.65. The average Bonchev–Trinajstić information content (AvgIpc) is 3.37. The van der Waals surface area contributed by atoms with Crippen LogP contribution in [0.1, 0.15) is 49.4 Å². The van der Waals surface area contributed by atoms with Crippen molar-refractivity contribution in [2.24, 2.45) is 0 Å². The average molecular weight is 344 g/mol. The molecule has 1 heterocycles. The number of nitrogens with zero attached hydrogens (tertiary/aromatic N) is 2. The van der Waals surface area contributed by atoms with Crippen molar-refractivity contribution < 1.29 is 14.4 Å². The lowest BCUT2D eigenvalue weighted by atomic mass is 10.1. The topological polar surface area (TPSA) is 100 Å². The van der Waals surface area contributed by atoms with E-state index in [2.05, 4.69) is 20.8 Å². The van der Waals surface area contributed by atoms with Gasteiger partial charge in [0.1, 0.15) is 0 Å². The summed E-state index contributed by atoms with van der Waals surface area (Å²) < 4.78 is 5.23. The zero-order valence-electron chi connectivity index (χ0n) is 14.4. The maximum absolute atomic E-state index is 11.9. The van der Waals surface area contributed by atoms with Crippen LogP contribution in [0.2, 0.25) is 0 Å². The summed E-state index contributed by atoms with van der Waals surface area (Å²) >= 11 is 0. The maximum atomic E-state index is 11.9. The fourth-order valence-corrected chi connectivity index (χ4v) is 2.51. The van der Waals surface area contributed by atoms with Crippen molar-refractivity contribution in [2.75, 3.05) is 11.9 Å². The van der Waals surface area contributed by atoms with E-state index < -0.39 is 0 Å². The number of nitrogens with one attached hydrogen (secondary N) is 2. The molecule has 3 N–H and O–H groups in total. The van der Waals surface area contributed by atoms with Crippen LogP contribution in [-0.4, -0.2) is 33.8 Å². The first-order chi connectivity index (χ1) is 12.2. The number of hydrogen-bond donors (Lipinski definition) is 3. The molecule has 3 rings (SSSR count). The highest BCUT2D eigenvalue weighted by Crippen LogP contribution is 2.38. The van der Waals surface area contributed by atoms with Gasteiger partial charge >= 0.3 is 0 Å². The van der Waals surface area contributed by atoms with Crippen molar-refractivity contribution in [1.82, 2.24) is 15.5 Å². The van der Waals surface area contributed by atoms with Crippen molar-refractivity contribution >= 4 is 11.6 Å². The summed E-state index contributed by atoms with van der Waals surface area (Å²) in [5.41, 5.74) is 1.85. The summed E-state index contributed by atoms with van der Waals surface area (Å²) in [4.78, 5) is 16.3. The highest BCUT2D eigenvalue weighted by Gasteiger charge is 2.28. The molecule has 1 aliphatic carbocycles. The van der Waals surface area contributed by atoms with Crippen LogP contribution < -0.4 is 10.6 Å². The molecule has 0 saturated heterocycles. The predicted molar refractivity (Wildman–Crippen MR) is 93.1 cm³/mol. The third-order valence-corrected chi connectivity index (χ3v) is 4.27. The van der Waals surface area contributed by atoms with E-state index in [1.807, 2.05) is 31.2 Å². The molecule has 0 bridgehead atoms. The van der Waals surface area contributed by atoms with Crippen LogP contribution in [-0.2, 0) is 17.8 Å². The molecule has 1 aromatic heterocycles. The van der Waals surface area contributed by atoms with Crippen LogP contribution in [0, 0.1) is 0 Å². The first kappa shape index (κ1) is 17.4. The lowest BCUT2D eigenvalue weighted by Crippen LogP contribution is -2.37. The number of anilines is 1. The van der Waals surface area contributed by atoms with Gasteiger partial charge in [-0.3, -0.25) is 4.79 Å². The Labute approximate surface area is 146 Å². The summed E-state index contributed by atoms with van der Waals surface area (Å²) in [7, 11) is 0. The van der Waals surface area contributed by atoms with Gasteiger partial charge in [-0.25, -0.2) is 0 Å². The molecule has 0 spiro atoms. The lowest BCUT2D eigenvalue weighted by Gasteiger charge is -2.14. The first-order valence-corrected chi connectivity index (χ1v) is 8.73. The van der Waals surface area contributed by atoms with E-state index in [0.29, 0.717) is 31.2 Å². The fourth-order valence-electron chi connectivity index (χ4n) is 2.51. The van der Waals surface area contributed by atoms with Crippen molar-refractivity contribution in [1.29, 1.82) is 0 Å². The molecule has 2 aromatic rings. The minimum atomic E-state index is -0.177. The maximum Gasteiger partial charge on any atom is 0.245 e. The monoisotopic (exact) mass is 344 g/mol. The van der Waals surface area contributed by atoms with Crippen LogP contribution in [0.5, 0.6) is 0 Å². The Morgan fingerprint density at radius 3 is 2.76 bits per heavy atom. The molecule has 0 unspecified atom stereocenters. The van der Waals surface area contributed by atoms with Gasteiger partial charge in [0.15, 0.2) is 5.82 Å². The number of hydrogen-bond acceptors (Lipinski definition) is 6. The van der Waals surface area contributed by atoms with Crippen LogP contribution in [0.4, 0.5) is 5.69 Å². The Morgan fingerprint density at radius 1 is 1.36 bits per heavy atom. The number of benzene rings is 1. The van der Waals surface area contributed by atoms with Crippen LogP contribution >= 0.6 is 0 Å². The molecule has 1 atom stereocenters. The third kappa shape index (κ3) is 5.03. The van der Waals surface area contributed by atoms with Crippen molar-refractivity contribution in [3.8, 4) is 0 Å². The molecule has 0 radical (unpaired) electrons. The minimum absolute atomic E-state index is 0.0385. The van der Waals surface area contributed by atoms with Gasteiger partial charge in [0, 0.05) is 11.6 Å². The van der Waals surface area contributed by atoms with Crippen molar-refractivity contribution in [3.05, 3.63) is 41.5 Å². The normalized spacial score (nSPS) is 15.0. The second kappa shape index (κ2) is 8.11. The minimum Gasteiger partial charge on any atom is -0.394 e. The number of aliphatic hydroxyl groups is 1. The standard InChI is InChI=1S/C18H24N4O3/c1-2-14(11-23)20-16(24)9-12-3-7-15(8-4-12)19-10-17-21-18(22-25-17)13-5-6-13/h3-4,7-8,13-14,19,23H,2,5-6,9-11H2,1H3,(H,20,24)/t14-/m0/s1. The molecule has 7 heteroatoms. The van der Waals surface area contributed by atoms with Gasteiger partial charge in [0.2, 0.25) is 11.8 Å². The summed E-state index contributed by atoms with van der Waals surface area (Å²) in [5.74, 6) is 1.80. The van der Waals surface area contributed by atoms with E-state index in [1.165, 1.54) is 0 Å². The second-order valence-electron chi connectivity index (χ2n) is 6.40. The zero-order chi connectivity index (χ0) is 17.6. The molecule has 0 aliphatic heterocycles. The lowest BCUT2D eigenvalue weighted by molar-refractivity contribution is -0.121. The third-order valence-electron chi connectivity index (χ3n) is 4.27. The molecule has 1 saturated carbocycles. The second-order valence-corrected chi connectivity index (χ2v) is 6.40. The van der Waals surface area contributed by atoms with Crippen LogP contribution in [0.25, 0.3) is 0 Å². The molecular formula is C18H24N4O3. The van der Waals surface area contributed by atoms with E-state index in [0.717, 1.165) is 29.9 Å². The van der Waals surface area contributed by atoms with E-state index in [4.69, 9.17) is 9.63 Å². The van der Waals surface area contributed by atoms with Gasteiger partial charge < -0.3 is 20.3 Å². The largest absolute Gasteiger partial charge is 0.394 e. The molecule has 1 amide bonds. The van der Waals surface area contributed by atoms with E-state index in [1.54, 1.807) is 0 Å². The highest BCUT2D eigenvalue weighted by molar-refractivity contribution is 5.79. The van der Waals surface area contributed by atoms with Crippen LogP contribution in [0.15, 0.2) is 28.8 Å². The Bertz CT molecular complexity index is 691. The van der Waals surface area contributed by atoms with Gasteiger partial charge in [-0.15, -0.1) is 0 Å². The van der Waals surface area contributed by atoms with Gasteiger partial charge in [0.25, 0.3) is 0 Å². The first-order valence-electron chi connectivity index (χ1n) is 8.73. The number of carbonyl (C=O) groups excluding carboxylic acids is 1. The Morgan fingerprint density at radius 2 is 2.12 bits per heavy atom. The molecule has 1 aliphatic rings. The summed E-state index contributed by atoms with van der Waals surface area (Å²) in [6.45, 7) is 2.37. The summed E-state index contributed by atoms with van der Waals surface area (Å²) in [6, 6.07) is 7.48. The van der Waals surface area contributed by atoms with Crippen molar-refractivity contribution in [3.63, 3.8) is 0 Å². The van der Waals surface area contributed by atoms with Gasteiger partial charge in [-0.05, 0) is 37.0 Å².